The first-order chi connectivity index (χ1) is 15.3. The Morgan fingerprint density at radius 3 is 2.50 bits per heavy atom. The first-order valence-electron chi connectivity index (χ1n) is 10.8. The summed E-state index contributed by atoms with van der Waals surface area (Å²) in [4.78, 5) is 14.3. The summed E-state index contributed by atoms with van der Waals surface area (Å²) in [5.41, 5.74) is 0.744. The van der Waals surface area contributed by atoms with Crippen molar-refractivity contribution in [1.82, 2.24) is 9.62 Å². The van der Waals surface area contributed by atoms with Crippen LogP contribution in [-0.2, 0) is 10.0 Å². The molecule has 1 atom stereocenters. The lowest BCUT2D eigenvalue weighted by atomic mass is 10.1. The molecule has 0 amide bonds. The van der Waals surface area contributed by atoms with Gasteiger partial charge in [-0.2, -0.15) is 4.72 Å². The number of Topliss-reactive ketones (excluding diaryl/α,β-unsaturated/α-hetero) is 1. The molecule has 1 unspecified atom stereocenters. The minimum Gasteiger partial charge on any atom is -0.494 e. The molecule has 1 saturated carbocycles. The molecular formula is C23H26Cl2N2O4S. The normalized spacial score (nSPS) is 19.2. The van der Waals surface area contributed by atoms with Gasteiger partial charge in [0.05, 0.1) is 27.7 Å². The van der Waals surface area contributed by atoms with Crippen LogP contribution in [0.5, 0.6) is 5.75 Å². The molecule has 0 aromatic heterocycles. The number of carbonyl (C=O) groups excluding carboxylic acids is 1. The van der Waals surface area contributed by atoms with E-state index in [2.05, 4.69) is 9.62 Å². The van der Waals surface area contributed by atoms with Crippen molar-refractivity contribution >= 4 is 39.0 Å². The van der Waals surface area contributed by atoms with Gasteiger partial charge < -0.3 is 4.74 Å². The van der Waals surface area contributed by atoms with Gasteiger partial charge in [0.25, 0.3) is 0 Å². The van der Waals surface area contributed by atoms with Crippen LogP contribution in [0.2, 0.25) is 10.0 Å². The van der Waals surface area contributed by atoms with E-state index in [0.717, 1.165) is 50.0 Å². The highest BCUT2D eigenvalue weighted by Gasteiger charge is 2.30. The van der Waals surface area contributed by atoms with Gasteiger partial charge in [0.15, 0.2) is 5.78 Å². The fraction of sp³-hybridized carbons (Fsp3) is 0.435. The Bertz CT molecular complexity index is 1070. The van der Waals surface area contributed by atoms with Crippen LogP contribution in [-0.4, -0.2) is 45.0 Å². The van der Waals surface area contributed by atoms with Gasteiger partial charge in [-0.25, -0.2) is 8.42 Å². The lowest BCUT2D eigenvalue weighted by Crippen LogP contribution is -2.44. The minimum absolute atomic E-state index is 0.102. The quantitative estimate of drug-likeness (QED) is 0.379. The summed E-state index contributed by atoms with van der Waals surface area (Å²) in [5.74, 6) is 1.17. The molecule has 1 aliphatic carbocycles. The van der Waals surface area contributed by atoms with Gasteiger partial charge in [0, 0.05) is 18.0 Å². The van der Waals surface area contributed by atoms with Crippen LogP contribution in [0.3, 0.4) is 0 Å². The van der Waals surface area contributed by atoms with Gasteiger partial charge in [-0.1, -0.05) is 23.2 Å². The maximum Gasteiger partial charge on any atom is 0.241 e. The number of carbonyl (C=O) groups is 1. The van der Waals surface area contributed by atoms with Gasteiger partial charge in [0.1, 0.15) is 5.75 Å². The van der Waals surface area contributed by atoms with E-state index < -0.39 is 10.0 Å². The second kappa shape index (κ2) is 10.1. The summed E-state index contributed by atoms with van der Waals surface area (Å²) in [7, 11) is -3.70. The second-order valence-corrected chi connectivity index (χ2v) is 10.8. The highest BCUT2D eigenvalue weighted by Crippen LogP contribution is 2.33. The van der Waals surface area contributed by atoms with Crippen LogP contribution in [0.15, 0.2) is 47.4 Å². The lowest BCUT2D eigenvalue weighted by Gasteiger charge is -2.25. The van der Waals surface area contributed by atoms with Crippen molar-refractivity contribution in [3.63, 3.8) is 0 Å². The van der Waals surface area contributed by atoms with Crippen molar-refractivity contribution in [2.45, 2.75) is 43.2 Å². The minimum atomic E-state index is -3.70. The van der Waals surface area contributed by atoms with E-state index in [0.29, 0.717) is 18.2 Å². The van der Waals surface area contributed by atoms with Crippen molar-refractivity contribution in [2.24, 2.45) is 5.92 Å². The highest BCUT2D eigenvalue weighted by atomic mass is 35.5. The number of rotatable bonds is 10. The molecule has 1 N–H and O–H groups in total. The molecule has 1 heterocycles. The Kier molecular flexibility index (Phi) is 7.42. The molecule has 0 bridgehead atoms. The molecule has 9 heteroatoms. The smallest absolute Gasteiger partial charge is 0.241 e. The van der Waals surface area contributed by atoms with E-state index in [1.807, 2.05) is 24.3 Å². The van der Waals surface area contributed by atoms with E-state index in [-0.39, 0.29) is 27.8 Å². The Balaban J connectivity index is 1.25. The number of benzene rings is 2. The number of hydrogen-bond donors (Lipinski definition) is 1. The van der Waals surface area contributed by atoms with Crippen molar-refractivity contribution in [1.29, 1.82) is 0 Å². The Morgan fingerprint density at radius 1 is 1.06 bits per heavy atom. The summed E-state index contributed by atoms with van der Waals surface area (Å²) < 4.78 is 34.1. The van der Waals surface area contributed by atoms with E-state index >= 15 is 0 Å². The average Bonchev–Trinajstić information content (AvgIpc) is 3.54. The molecule has 4 rings (SSSR count). The molecule has 1 aliphatic heterocycles. The fourth-order valence-electron chi connectivity index (χ4n) is 3.87. The van der Waals surface area contributed by atoms with Crippen LogP contribution in [0.1, 0.15) is 42.5 Å². The molecule has 32 heavy (non-hydrogen) atoms. The summed E-state index contributed by atoms with van der Waals surface area (Å²) >= 11 is 11.9. The van der Waals surface area contributed by atoms with Crippen LogP contribution < -0.4 is 9.46 Å². The standard InChI is InChI=1S/C23H26Cl2N2O4S/c24-20-11-10-19(15-21(20)25)32(29,30)26-22-3-1-12-27(22)13-2-14-31-18-8-6-17(7-9-18)23(28)16-4-5-16/h6-11,15-16,22,26H,1-5,12-14H2. The number of halogens is 2. The number of nitrogens with one attached hydrogen (secondary N) is 1. The van der Waals surface area contributed by atoms with Gasteiger partial charge >= 0.3 is 0 Å². The van der Waals surface area contributed by atoms with E-state index in [4.69, 9.17) is 27.9 Å². The number of likely N-dealkylation sites (tertiary alicyclic amines) is 1. The maximum absolute atomic E-state index is 12.7. The number of ether oxygens (including phenoxy) is 1. The van der Waals surface area contributed by atoms with Crippen molar-refractivity contribution < 1.29 is 17.9 Å². The molecule has 1 saturated heterocycles. The third-order valence-electron chi connectivity index (χ3n) is 5.80. The van der Waals surface area contributed by atoms with Crippen molar-refractivity contribution in [2.75, 3.05) is 19.7 Å². The van der Waals surface area contributed by atoms with Gasteiger partial charge in [0.2, 0.25) is 10.0 Å². The summed E-state index contributed by atoms with van der Waals surface area (Å²) in [6, 6.07) is 11.6. The zero-order chi connectivity index (χ0) is 22.7. The summed E-state index contributed by atoms with van der Waals surface area (Å²) in [6.07, 6.45) is 4.16. The van der Waals surface area contributed by atoms with Gasteiger partial charge in [-0.15, -0.1) is 0 Å². The summed E-state index contributed by atoms with van der Waals surface area (Å²) in [6.45, 7) is 2.05. The predicted molar refractivity (Wildman–Crippen MR) is 125 cm³/mol. The molecule has 2 aliphatic rings. The first-order valence-corrected chi connectivity index (χ1v) is 13.1. The molecule has 2 fully saturated rings. The van der Waals surface area contributed by atoms with Crippen molar-refractivity contribution in [3.8, 4) is 5.75 Å². The second-order valence-electron chi connectivity index (χ2n) is 8.26. The molecule has 2 aromatic carbocycles. The van der Waals surface area contributed by atoms with E-state index in [1.165, 1.54) is 18.2 Å². The molecular weight excluding hydrogens is 471 g/mol. The number of hydrogen-bond acceptors (Lipinski definition) is 5. The third-order valence-corrected chi connectivity index (χ3v) is 8.00. The van der Waals surface area contributed by atoms with Crippen LogP contribution in [0.4, 0.5) is 0 Å². The molecule has 0 spiro atoms. The predicted octanol–water partition coefficient (Wildman–Crippen LogP) is 4.76. The zero-order valence-electron chi connectivity index (χ0n) is 17.6. The van der Waals surface area contributed by atoms with Crippen LogP contribution in [0.25, 0.3) is 0 Å². The molecule has 6 nitrogen and oxygen atoms in total. The highest BCUT2D eigenvalue weighted by molar-refractivity contribution is 7.89. The van der Waals surface area contributed by atoms with Gasteiger partial charge in [-0.3, -0.25) is 9.69 Å². The Hall–Kier alpha value is -1.64. The van der Waals surface area contributed by atoms with Gasteiger partial charge in [-0.05, 0) is 81.1 Å². The van der Waals surface area contributed by atoms with Crippen molar-refractivity contribution in [3.05, 3.63) is 58.1 Å². The largest absolute Gasteiger partial charge is 0.494 e. The topological polar surface area (TPSA) is 75.7 Å². The maximum atomic E-state index is 12.7. The molecule has 172 valence electrons. The molecule has 0 radical (unpaired) electrons. The SMILES string of the molecule is O=C(c1ccc(OCCCN2CCCC2NS(=O)(=O)c2ccc(Cl)c(Cl)c2)cc1)C1CC1. The van der Waals surface area contributed by atoms with E-state index in [9.17, 15) is 13.2 Å². The van der Waals surface area contributed by atoms with Crippen LogP contribution in [0, 0.1) is 5.92 Å². The number of sulfonamides is 1. The summed E-state index contributed by atoms with van der Waals surface area (Å²) in [5, 5.41) is 0.525. The lowest BCUT2D eigenvalue weighted by molar-refractivity contribution is 0.0967. The zero-order valence-corrected chi connectivity index (χ0v) is 19.9. The Labute approximate surface area is 198 Å². The molecule has 2 aromatic rings. The van der Waals surface area contributed by atoms with Crippen LogP contribution >= 0.6 is 23.2 Å². The first kappa shape index (κ1) is 23.5. The number of nitrogens with zero attached hydrogens (tertiary/aromatic N) is 1. The average molecular weight is 497 g/mol. The fourth-order valence-corrected chi connectivity index (χ4v) is 5.52. The monoisotopic (exact) mass is 496 g/mol. The van der Waals surface area contributed by atoms with E-state index in [1.54, 1.807) is 0 Å². The number of ketones is 1. The third kappa shape index (κ3) is 5.83. The Morgan fingerprint density at radius 2 is 1.81 bits per heavy atom.